The van der Waals surface area contributed by atoms with E-state index in [0.29, 0.717) is 65.5 Å². The normalized spacial score (nSPS) is 14.9. The lowest BCUT2D eigenvalue weighted by Crippen LogP contribution is -2.35. The number of nitrogens with zero attached hydrogens (tertiary/aromatic N) is 2. The van der Waals surface area contributed by atoms with Gasteiger partial charge in [0.05, 0.1) is 13.2 Å². The maximum Gasteiger partial charge on any atom is 0.253 e. The van der Waals surface area contributed by atoms with Crippen LogP contribution in [0.2, 0.25) is 0 Å². The van der Waals surface area contributed by atoms with Gasteiger partial charge in [-0.1, -0.05) is 18.7 Å². The number of hydrogen-bond acceptors (Lipinski definition) is 6. The molecule has 2 heterocycles. The Morgan fingerprint density at radius 3 is 2.48 bits per heavy atom. The molecule has 0 spiro atoms. The van der Waals surface area contributed by atoms with Crippen LogP contribution in [0.4, 0.5) is 11.4 Å². The molecular weight excluding hydrogens is 582 g/mol. The summed E-state index contributed by atoms with van der Waals surface area (Å²) in [4.78, 5) is 59.3. The Labute approximate surface area is 269 Å². The van der Waals surface area contributed by atoms with Crippen LogP contribution in [-0.4, -0.2) is 60.5 Å². The van der Waals surface area contributed by atoms with Crippen LogP contribution in [-0.2, 0) is 27.4 Å². The summed E-state index contributed by atoms with van der Waals surface area (Å²) in [5.41, 5.74) is 6.45. The first-order chi connectivity index (χ1) is 22.1. The van der Waals surface area contributed by atoms with Gasteiger partial charge in [-0.25, -0.2) is 0 Å². The number of aromatic nitrogens is 1. The predicted octanol–water partition coefficient (Wildman–Crippen LogP) is 4.62. The molecule has 0 atom stereocenters. The summed E-state index contributed by atoms with van der Waals surface area (Å²) in [6.07, 6.45) is 2.93. The average Bonchev–Trinajstić information content (AvgIpc) is 3.88. The van der Waals surface area contributed by atoms with E-state index < -0.39 is 0 Å². The summed E-state index contributed by atoms with van der Waals surface area (Å²) in [5.74, 6) is -0.696. The Morgan fingerprint density at radius 1 is 1.09 bits per heavy atom. The van der Waals surface area contributed by atoms with Gasteiger partial charge in [0.15, 0.2) is 0 Å². The average molecular weight is 626 g/mol. The molecule has 0 radical (unpaired) electrons. The number of carbonyl (C=O) groups excluding carboxylic acids is 3. The standard InChI is InChI=1S/C36H43N5O5/c1-6-33(42)39-31-17-25(21-40-12-14-46-15-13-40)8-11-28(31)27-18-29(24(5)32(19-27)41(7-2)36(45)26-9-10-26)34(43)37-20-30-22(3)16-23(4)38-35(30)44/h6,8,11,16-19,26H,1,7,9-10,12-15,20-21H2,2-5H3,(H,37,43)(H,38,44)(H,39,42). The summed E-state index contributed by atoms with van der Waals surface area (Å²) in [5, 5.41) is 5.89. The molecule has 10 heteroatoms. The van der Waals surface area contributed by atoms with Crippen LogP contribution in [0.5, 0.6) is 0 Å². The van der Waals surface area contributed by atoms with Crippen LogP contribution in [0.3, 0.4) is 0 Å². The molecule has 0 unspecified atom stereocenters. The molecule has 5 rings (SSSR count). The van der Waals surface area contributed by atoms with E-state index in [2.05, 4.69) is 27.1 Å². The van der Waals surface area contributed by atoms with E-state index in [1.165, 1.54) is 6.08 Å². The number of morpholine rings is 1. The van der Waals surface area contributed by atoms with Gasteiger partial charge in [-0.2, -0.15) is 0 Å². The molecule has 3 aromatic rings. The van der Waals surface area contributed by atoms with Crippen LogP contribution in [0.15, 0.2) is 53.8 Å². The SMILES string of the molecule is C=CC(=O)Nc1cc(CN2CCOCC2)ccc1-c1cc(C(=O)NCc2c(C)cc(C)[nH]c2=O)c(C)c(N(CC)C(=O)C2CC2)c1. The third kappa shape index (κ3) is 7.46. The number of hydrogen-bond donors (Lipinski definition) is 3. The van der Waals surface area contributed by atoms with Crippen molar-refractivity contribution in [3.63, 3.8) is 0 Å². The first-order valence-corrected chi connectivity index (χ1v) is 15.9. The van der Waals surface area contributed by atoms with E-state index in [9.17, 15) is 19.2 Å². The highest BCUT2D eigenvalue weighted by Gasteiger charge is 2.34. The fourth-order valence-electron chi connectivity index (χ4n) is 5.98. The molecule has 2 aromatic carbocycles. The van der Waals surface area contributed by atoms with E-state index in [1.807, 2.05) is 58.0 Å². The van der Waals surface area contributed by atoms with E-state index in [4.69, 9.17) is 4.74 Å². The van der Waals surface area contributed by atoms with Crippen molar-refractivity contribution < 1.29 is 19.1 Å². The molecule has 1 aliphatic carbocycles. The molecule has 1 aromatic heterocycles. The fourth-order valence-corrected chi connectivity index (χ4v) is 5.98. The number of pyridine rings is 1. The number of amides is 3. The van der Waals surface area contributed by atoms with Gasteiger partial charge < -0.3 is 25.3 Å². The van der Waals surface area contributed by atoms with Crippen molar-refractivity contribution >= 4 is 29.1 Å². The van der Waals surface area contributed by atoms with E-state index in [-0.39, 0.29) is 35.7 Å². The third-order valence-electron chi connectivity index (χ3n) is 8.69. The Hall–Kier alpha value is -4.54. The molecule has 2 fully saturated rings. The molecule has 3 amide bonds. The second-order valence-corrected chi connectivity index (χ2v) is 12.1. The minimum absolute atomic E-state index is 0.0153. The molecule has 46 heavy (non-hydrogen) atoms. The van der Waals surface area contributed by atoms with E-state index >= 15 is 0 Å². The number of anilines is 2. The molecule has 1 saturated carbocycles. The largest absolute Gasteiger partial charge is 0.379 e. The van der Waals surface area contributed by atoms with E-state index in [0.717, 1.165) is 42.8 Å². The zero-order valence-corrected chi connectivity index (χ0v) is 27.1. The van der Waals surface area contributed by atoms with Crippen molar-refractivity contribution in [2.45, 2.75) is 53.6 Å². The van der Waals surface area contributed by atoms with Gasteiger partial charge in [0.25, 0.3) is 11.5 Å². The molecule has 3 N–H and O–H groups in total. The summed E-state index contributed by atoms with van der Waals surface area (Å²) in [7, 11) is 0. The van der Waals surface area contributed by atoms with Gasteiger partial charge in [-0.3, -0.25) is 24.1 Å². The zero-order valence-electron chi connectivity index (χ0n) is 27.1. The van der Waals surface area contributed by atoms with Gasteiger partial charge in [-0.15, -0.1) is 0 Å². The van der Waals surface area contributed by atoms with Gasteiger partial charge >= 0.3 is 0 Å². The van der Waals surface area contributed by atoms with Crippen LogP contribution >= 0.6 is 0 Å². The summed E-state index contributed by atoms with van der Waals surface area (Å²) in [6, 6.07) is 11.5. The molecular formula is C36H43N5O5. The quantitative estimate of drug-likeness (QED) is 0.267. The topological polar surface area (TPSA) is 124 Å². The van der Waals surface area contributed by atoms with Gasteiger partial charge in [0, 0.05) is 72.4 Å². The number of rotatable bonds is 11. The molecule has 2 aliphatic rings. The van der Waals surface area contributed by atoms with Crippen molar-refractivity contribution in [1.29, 1.82) is 0 Å². The van der Waals surface area contributed by atoms with E-state index in [1.54, 1.807) is 11.0 Å². The number of aryl methyl sites for hydroxylation is 2. The van der Waals surface area contributed by atoms with Crippen molar-refractivity contribution in [1.82, 2.24) is 15.2 Å². The summed E-state index contributed by atoms with van der Waals surface area (Å²) >= 11 is 0. The number of nitrogens with one attached hydrogen (secondary N) is 3. The Balaban J connectivity index is 1.57. The van der Waals surface area contributed by atoms with Crippen LogP contribution in [0, 0.1) is 26.7 Å². The highest BCUT2D eigenvalue weighted by Crippen LogP contribution is 2.38. The summed E-state index contributed by atoms with van der Waals surface area (Å²) < 4.78 is 5.49. The molecule has 0 bridgehead atoms. The summed E-state index contributed by atoms with van der Waals surface area (Å²) in [6.45, 7) is 15.3. The number of ether oxygens (including phenoxy) is 1. The maximum absolute atomic E-state index is 13.9. The lowest BCUT2D eigenvalue weighted by Gasteiger charge is -2.27. The maximum atomic E-state index is 13.9. The molecule has 242 valence electrons. The van der Waals surface area contributed by atoms with Gasteiger partial charge in [0.2, 0.25) is 11.8 Å². The second kappa shape index (κ2) is 14.3. The van der Waals surface area contributed by atoms with Crippen LogP contribution < -0.4 is 21.1 Å². The Kier molecular flexibility index (Phi) is 10.2. The Morgan fingerprint density at radius 2 is 1.83 bits per heavy atom. The number of H-pyrrole nitrogens is 1. The lowest BCUT2D eigenvalue weighted by atomic mass is 9.94. The first-order valence-electron chi connectivity index (χ1n) is 15.9. The highest BCUT2D eigenvalue weighted by molar-refractivity contribution is 6.05. The van der Waals surface area contributed by atoms with Gasteiger partial charge in [-0.05, 0) is 93.1 Å². The minimum Gasteiger partial charge on any atom is -0.379 e. The van der Waals surface area contributed by atoms with Crippen LogP contribution in [0.25, 0.3) is 11.1 Å². The smallest absolute Gasteiger partial charge is 0.253 e. The third-order valence-corrected chi connectivity index (χ3v) is 8.69. The van der Waals surface area contributed by atoms with Crippen molar-refractivity contribution in [3.05, 3.63) is 92.9 Å². The van der Waals surface area contributed by atoms with Crippen molar-refractivity contribution in [3.8, 4) is 11.1 Å². The molecule has 1 aliphatic heterocycles. The number of benzene rings is 2. The zero-order chi connectivity index (χ0) is 33.0. The molecule has 10 nitrogen and oxygen atoms in total. The minimum atomic E-state index is -0.365. The predicted molar refractivity (Wildman–Crippen MR) is 180 cm³/mol. The van der Waals surface area contributed by atoms with Crippen LogP contribution in [0.1, 0.15) is 58.1 Å². The fraction of sp³-hybridized carbons (Fsp3) is 0.389. The van der Waals surface area contributed by atoms with Crippen molar-refractivity contribution in [2.24, 2.45) is 5.92 Å². The Bertz CT molecular complexity index is 1720. The number of aromatic amines is 1. The van der Waals surface area contributed by atoms with Gasteiger partial charge in [0.1, 0.15) is 0 Å². The van der Waals surface area contributed by atoms with Crippen molar-refractivity contribution in [2.75, 3.05) is 43.1 Å². The molecule has 1 saturated heterocycles. The highest BCUT2D eigenvalue weighted by atomic mass is 16.5. The first kappa shape index (κ1) is 32.8. The monoisotopic (exact) mass is 625 g/mol. The second-order valence-electron chi connectivity index (χ2n) is 12.1. The number of carbonyl (C=O) groups is 3. The lowest BCUT2D eigenvalue weighted by molar-refractivity contribution is -0.119.